The smallest absolute Gasteiger partial charge is 0.304 e. The second-order valence-corrected chi connectivity index (χ2v) is 5.53. The Morgan fingerprint density at radius 2 is 2.14 bits per heavy atom. The van der Waals surface area contributed by atoms with Crippen molar-refractivity contribution in [2.45, 2.75) is 25.8 Å². The number of methoxy groups -OCH3 is 1. The summed E-state index contributed by atoms with van der Waals surface area (Å²) in [5.74, 6) is 0.109. The fourth-order valence-corrected chi connectivity index (χ4v) is 2.86. The first-order chi connectivity index (χ1) is 10.1. The highest BCUT2D eigenvalue weighted by atomic mass is 16.5. The quantitative estimate of drug-likeness (QED) is 0.827. The summed E-state index contributed by atoms with van der Waals surface area (Å²) in [6.45, 7) is 5.73. The van der Waals surface area contributed by atoms with Crippen molar-refractivity contribution in [3.05, 3.63) is 29.3 Å². The first-order valence-corrected chi connectivity index (χ1v) is 7.40. The van der Waals surface area contributed by atoms with Gasteiger partial charge in [0, 0.05) is 32.2 Å². The number of carboxylic acid groups (broad SMARTS) is 1. The Morgan fingerprint density at radius 3 is 2.71 bits per heavy atom. The maximum Gasteiger partial charge on any atom is 0.304 e. The van der Waals surface area contributed by atoms with Crippen LogP contribution in [0.5, 0.6) is 5.75 Å². The van der Waals surface area contributed by atoms with Crippen LogP contribution in [0.1, 0.15) is 17.5 Å². The molecule has 0 saturated carbocycles. The number of aliphatic carboxylic acids is 1. The van der Waals surface area contributed by atoms with E-state index in [0.717, 1.165) is 43.9 Å². The number of hydrogen-bond donors (Lipinski definition) is 2. The van der Waals surface area contributed by atoms with E-state index in [0.29, 0.717) is 0 Å². The molecule has 1 heterocycles. The topological polar surface area (TPSA) is 61.8 Å². The van der Waals surface area contributed by atoms with E-state index in [4.69, 9.17) is 4.74 Å². The van der Waals surface area contributed by atoms with Gasteiger partial charge in [0.15, 0.2) is 0 Å². The van der Waals surface area contributed by atoms with Gasteiger partial charge in [0.05, 0.1) is 13.5 Å². The van der Waals surface area contributed by atoms with Gasteiger partial charge < -0.3 is 15.2 Å². The third-order valence-electron chi connectivity index (χ3n) is 4.08. The summed E-state index contributed by atoms with van der Waals surface area (Å²) < 4.78 is 5.22. The fraction of sp³-hybridized carbons (Fsp3) is 0.562. The highest BCUT2D eigenvalue weighted by Crippen LogP contribution is 2.21. The molecule has 1 aromatic carbocycles. The SMILES string of the molecule is COc1ccc(CC(CC(=O)O)N2CCNCC2)c(C)c1. The molecule has 5 nitrogen and oxygen atoms in total. The molecule has 0 radical (unpaired) electrons. The van der Waals surface area contributed by atoms with Crippen LogP contribution < -0.4 is 10.1 Å². The predicted octanol–water partition coefficient (Wildman–Crippen LogP) is 1.29. The predicted molar refractivity (Wildman–Crippen MR) is 81.9 cm³/mol. The summed E-state index contributed by atoms with van der Waals surface area (Å²) in [5, 5.41) is 12.5. The molecule has 1 aliphatic rings. The number of aryl methyl sites for hydroxylation is 1. The number of rotatable bonds is 6. The number of nitrogens with one attached hydrogen (secondary N) is 1. The van der Waals surface area contributed by atoms with E-state index in [1.54, 1.807) is 7.11 Å². The number of carboxylic acids is 1. The molecule has 0 spiro atoms. The van der Waals surface area contributed by atoms with Crippen molar-refractivity contribution >= 4 is 5.97 Å². The summed E-state index contributed by atoms with van der Waals surface area (Å²) in [6.07, 6.45) is 0.952. The molecule has 0 aliphatic carbocycles. The van der Waals surface area contributed by atoms with Crippen LogP contribution in [0.4, 0.5) is 0 Å². The molecule has 0 amide bonds. The van der Waals surface area contributed by atoms with Gasteiger partial charge in [-0.15, -0.1) is 0 Å². The zero-order valence-electron chi connectivity index (χ0n) is 12.8. The van der Waals surface area contributed by atoms with Crippen molar-refractivity contribution in [3.63, 3.8) is 0 Å². The molecule has 1 fully saturated rings. The van der Waals surface area contributed by atoms with E-state index in [1.807, 2.05) is 25.1 Å². The molecule has 116 valence electrons. The van der Waals surface area contributed by atoms with Crippen LogP contribution in [-0.2, 0) is 11.2 Å². The lowest BCUT2D eigenvalue weighted by atomic mass is 9.97. The highest BCUT2D eigenvalue weighted by molar-refractivity contribution is 5.67. The van der Waals surface area contributed by atoms with Crippen molar-refractivity contribution in [2.24, 2.45) is 0 Å². The summed E-state index contributed by atoms with van der Waals surface area (Å²) in [6, 6.07) is 6.05. The lowest BCUT2D eigenvalue weighted by molar-refractivity contribution is -0.138. The normalized spacial score (nSPS) is 17.4. The fourth-order valence-electron chi connectivity index (χ4n) is 2.86. The summed E-state index contributed by atoms with van der Waals surface area (Å²) in [4.78, 5) is 13.5. The number of hydrogen-bond acceptors (Lipinski definition) is 4. The van der Waals surface area contributed by atoms with Gasteiger partial charge in [-0.25, -0.2) is 0 Å². The molecule has 5 heteroatoms. The van der Waals surface area contributed by atoms with Crippen molar-refractivity contribution in [2.75, 3.05) is 33.3 Å². The van der Waals surface area contributed by atoms with Crippen molar-refractivity contribution < 1.29 is 14.6 Å². The molecule has 1 aromatic rings. The molecule has 1 aliphatic heterocycles. The van der Waals surface area contributed by atoms with Crippen LogP contribution in [0.15, 0.2) is 18.2 Å². The van der Waals surface area contributed by atoms with Gasteiger partial charge in [-0.05, 0) is 36.6 Å². The number of piperazine rings is 1. The van der Waals surface area contributed by atoms with Crippen molar-refractivity contribution in [1.82, 2.24) is 10.2 Å². The molecular formula is C16H24N2O3. The van der Waals surface area contributed by atoms with Crippen LogP contribution in [0.3, 0.4) is 0 Å². The minimum atomic E-state index is -0.732. The molecule has 1 unspecified atom stereocenters. The van der Waals surface area contributed by atoms with E-state index in [9.17, 15) is 9.90 Å². The van der Waals surface area contributed by atoms with Crippen LogP contribution in [-0.4, -0.2) is 55.3 Å². The van der Waals surface area contributed by atoms with E-state index in [1.165, 1.54) is 5.56 Å². The molecule has 2 rings (SSSR count). The van der Waals surface area contributed by atoms with E-state index in [2.05, 4.69) is 10.2 Å². The summed E-state index contributed by atoms with van der Waals surface area (Å²) in [5.41, 5.74) is 2.35. The first kappa shape index (κ1) is 15.8. The Kier molecular flexibility index (Phi) is 5.59. The van der Waals surface area contributed by atoms with Crippen LogP contribution in [0.25, 0.3) is 0 Å². The van der Waals surface area contributed by atoms with Crippen LogP contribution in [0.2, 0.25) is 0 Å². The molecule has 0 bridgehead atoms. The van der Waals surface area contributed by atoms with E-state index in [-0.39, 0.29) is 12.5 Å². The molecule has 1 atom stereocenters. The molecule has 1 saturated heterocycles. The first-order valence-electron chi connectivity index (χ1n) is 7.40. The van der Waals surface area contributed by atoms with Gasteiger partial charge in [-0.1, -0.05) is 6.07 Å². The highest BCUT2D eigenvalue weighted by Gasteiger charge is 2.23. The van der Waals surface area contributed by atoms with Gasteiger partial charge in [0.25, 0.3) is 0 Å². The Morgan fingerprint density at radius 1 is 1.43 bits per heavy atom. The summed E-state index contributed by atoms with van der Waals surface area (Å²) in [7, 11) is 1.66. The van der Waals surface area contributed by atoms with E-state index >= 15 is 0 Å². The maximum absolute atomic E-state index is 11.2. The Labute approximate surface area is 125 Å². The lowest BCUT2D eigenvalue weighted by Gasteiger charge is -2.34. The lowest BCUT2D eigenvalue weighted by Crippen LogP contribution is -2.49. The number of carbonyl (C=O) groups is 1. The number of benzene rings is 1. The van der Waals surface area contributed by atoms with E-state index < -0.39 is 5.97 Å². The minimum absolute atomic E-state index is 0.0525. The molecule has 21 heavy (non-hydrogen) atoms. The van der Waals surface area contributed by atoms with Gasteiger partial charge in [0.2, 0.25) is 0 Å². The minimum Gasteiger partial charge on any atom is -0.497 e. The number of ether oxygens (including phenoxy) is 1. The average Bonchev–Trinajstić information content (AvgIpc) is 2.49. The van der Waals surface area contributed by atoms with Crippen LogP contribution >= 0.6 is 0 Å². The standard InChI is InChI=1S/C16H24N2O3/c1-12-9-15(21-2)4-3-13(12)10-14(11-16(19)20)18-7-5-17-6-8-18/h3-4,9,14,17H,5-8,10-11H2,1-2H3,(H,19,20). The third-order valence-corrected chi connectivity index (χ3v) is 4.08. The molecule has 2 N–H and O–H groups in total. The van der Waals surface area contributed by atoms with Gasteiger partial charge >= 0.3 is 5.97 Å². The van der Waals surface area contributed by atoms with Crippen LogP contribution in [0, 0.1) is 6.92 Å². The number of nitrogens with zero attached hydrogens (tertiary/aromatic N) is 1. The van der Waals surface area contributed by atoms with Crippen molar-refractivity contribution in [1.29, 1.82) is 0 Å². The van der Waals surface area contributed by atoms with Gasteiger partial charge in [-0.3, -0.25) is 9.69 Å². The van der Waals surface area contributed by atoms with Gasteiger partial charge in [0.1, 0.15) is 5.75 Å². The Bertz CT molecular complexity index is 484. The second kappa shape index (κ2) is 7.43. The zero-order chi connectivity index (χ0) is 15.2. The second-order valence-electron chi connectivity index (χ2n) is 5.53. The monoisotopic (exact) mass is 292 g/mol. The zero-order valence-corrected chi connectivity index (χ0v) is 12.8. The Hall–Kier alpha value is -1.59. The largest absolute Gasteiger partial charge is 0.497 e. The Balaban J connectivity index is 2.11. The third kappa shape index (κ3) is 4.44. The van der Waals surface area contributed by atoms with Gasteiger partial charge in [-0.2, -0.15) is 0 Å². The molecule has 0 aromatic heterocycles. The van der Waals surface area contributed by atoms with Crippen molar-refractivity contribution in [3.8, 4) is 5.75 Å². The average molecular weight is 292 g/mol. The maximum atomic E-state index is 11.2. The summed E-state index contributed by atoms with van der Waals surface area (Å²) >= 11 is 0. The molecular weight excluding hydrogens is 268 g/mol.